The predicted octanol–water partition coefficient (Wildman–Crippen LogP) is 22.1. The van der Waals surface area contributed by atoms with Gasteiger partial charge in [-0.3, -0.25) is 44.2 Å². The maximum atomic E-state index is 11.3. The van der Waals surface area contributed by atoms with Crippen LogP contribution in [0.15, 0.2) is 276 Å². The second kappa shape index (κ2) is 64.0. The lowest BCUT2D eigenvalue weighted by molar-refractivity contribution is 0.689. The number of aryl methyl sites for hydroxylation is 10. The summed E-state index contributed by atoms with van der Waals surface area (Å²) in [4.78, 5) is 83.5. The summed E-state index contributed by atoms with van der Waals surface area (Å²) in [5, 5.41) is 32.8. The van der Waals surface area contributed by atoms with Crippen molar-refractivity contribution in [2.24, 2.45) is 63.0 Å². The minimum absolute atomic E-state index is 0.00343. The summed E-state index contributed by atoms with van der Waals surface area (Å²) in [5.41, 5.74) is 24.1. The molecule has 0 radical (unpaired) electrons. The Morgan fingerprint density at radius 1 is 0.365 bits per heavy atom. The lowest BCUT2D eigenvalue weighted by Gasteiger charge is -2.12. The molecule has 137 heavy (non-hydrogen) atoms. The largest absolute Gasteiger partial charge is 0.362 e. The van der Waals surface area contributed by atoms with Gasteiger partial charge in [0.05, 0.1) is 60.7 Å². The average Bonchev–Trinajstić information content (AvgIpc) is 0.822. The van der Waals surface area contributed by atoms with Crippen molar-refractivity contribution < 1.29 is 4.11 Å². The van der Waals surface area contributed by atoms with E-state index in [1.54, 1.807) is 103 Å². The van der Waals surface area contributed by atoms with Crippen molar-refractivity contribution in [3.63, 3.8) is 0 Å². The zero-order valence-electron chi connectivity index (χ0n) is 91.9. The highest BCUT2D eigenvalue weighted by Gasteiger charge is 2.11. The molecule has 0 atom stereocenters. The summed E-state index contributed by atoms with van der Waals surface area (Å²) < 4.78 is 29.2. The lowest BCUT2D eigenvalue weighted by Crippen LogP contribution is -2.19. The third-order valence-corrected chi connectivity index (χ3v) is 20.8. The van der Waals surface area contributed by atoms with Crippen molar-refractivity contribution in [3.8, 4) is 0 Å². The number of rotatable bonds is 14. The monoisotopic (exact) mass is 1880 g/mol. The van der Waals surface area contributed by atoms with Crippen LogP contribution in [-0.2, 0) is 41.7 Å². The van der Waals surface area contributed by atoms with Crippen LogP contribution in [0.2, 0.25) is 0 Å². The molecule has 13 heterocycles. The molecular weight excluding hydrogens is 1710 g/mol. The fourth-order valence-corrected chi connectivity index (χ4v) is 11.2. The zero-order valence-corrected chi connectivity index (χ0v) is 88.9. The Balaban J connectivity index is 0.000000759. The molecule has 0 saturated heterocycles. The number of nitrogens with one attached hydrogen (secondary N) is 3. The Morgan fingerprint density at radius 3 is 1.04 bits per heavy atom. The predicted molar refractivity (Wildman–Crippen MR) is 572 cm³/mol. The number of nitrogens with zero attached hydrogens (tertiary/aromatic N) is 17. The molecule has 0 unspecified atom stereocenters. The van der Waals surface area contributed by atoms with Crippen LogP contribution >= 0.6 is 0 Å². The third-order valence-electron chi connectivity index (χ3n) is 20.8. The molecule has 0 amide bonds. The second-order valence-electron chi connectivity index (χ2n) is 37.4. The van der Waals surface area contributed by atoms with Gasteiger partial charge in [-0.25, -0.2) is 19.3 Å². The molecule has 0 fully saturated rings. The summed E-state index contributed by atoms with van der Waals surface area (Å²) in [5.74, 6) is 6.10. The van der Waals surface area contributed by atoms with Gasteiger partial charge in [-0.1, -0.05) is 200 Å². The first-order valence-corrected chi connectivity index (χ1v) is 47.2. The Morgan fingerprint density at radius 2 is 0.737 bits per heavy atom. The van der Waals surface area contributed by atoms with Gasteiger partial charge in [0, 0.05) is 154 Å². The maximum Gasteiger partial charge on any atom is 0.266 e. The van der Waals surface area contributed by atoms with Crippen LogP contribution in [0, 0.1) is 45.4 Å². The van der Waals surface area contributed by atoms with Crippen molar-refractivity contribution >= 4 is 12.6 Å². The van der Waals surface area contributed by atoms with Crippen molar-refractivity contribution in [1.29, 1.82) is 0 Å². The average molecular weight is 1880 g/mol. The number of hydrogen-bond acceptors (Lipinski definition) is 20. The lowest BCUT2D eigenvalue weighted by atomic mass is 10.0. The molecule has 0 saturated carbocycles. The Labute approximate surface area is 822 Å². The Hall–Kier alpha value is -13.1. The molecule has 10 aromatic heterocycles. The molecule has 3 aliphatic heterocycles. The molecule has 13 rings (SSSR count). The van der Waals surface area contributed by atoms with Gasteiger partial charge in [0.1, 0.15) is 0 Å². The van der Waals surface area contributed by atoms with E-state index in [1.807, 2.05) is 150 Å². The summed E-state index contributed by atoms with van der Waals surface area (Å²) in [7, 11) is 6.85. The molecule has 26 heteroatoms. The summed E-state index contributed by atoms with van der Waals surface area (Å²) >= 11 is 0. The van der Waals surface area contributed by atoms with Gasteiger partial charge in [0.25, 0.3) is 33.4 Å². The topological polar surface area (TPSA) is 309 Å². The van der Waals surface area contributed by atoms with E-state index in [9.17, 15) is 28.8 Å². The molecule has 0 bridgehead atoms. The summed E-state index contributed by atoms with van der Waals surface area (Å²) in [6.07, 6.45) is 31.1. The van der Waals surface area contributed by atoms with Crippen LogP contribution < -0.4 is 49.4 Å². The second-order valence-corrected chi connectivity index (χ2v) is 37.4. The number of dihydropyridines is 1. The van der Waals surface area contributed by atoms with E-state index in [4.69, 9.17) is 4.11 Å². The normalized spacial score (nSPS) is 12.4. The van der Waals surface area contributed by atoms with Crippen molar-refractivity contribution in [3.05, 3.63) is 378 Å². The van der Waals surface area contributed by atoms with Crippen LogP contribution in [-0.4, -0.2) is 85.7 Å². The van der Waals surface area contributed by atoms with Gasteiger partial charge in [-0.05, 0) is 252 Å². The van der Waals surface area contributed by atoms with Crippen LogP contribution in [0.25, 0.3) is 0 Å². The minimum Gasteiger partial charge on any atom is -0.362 e. The molecule has 3 aliphatic rings. The molecule has 10 aromatic rings. The summed E-state index contributed by atoms with van der Waals surface area (Å²) in [6.45, 7) is 74.1. The van der Waals surface area contributed by atoms with Gasteiger partial charge in [0.15, 0.2) is 0 Å². The molecule has 744 valence electrons. The fraction of sp³-hybridized carbons (Fsp3) is 0.450. The maximum absolute atomic E-state index is 11.3. The number of pyridine rings is 5. The minimum atomic E-state index is -2.49. The Bertz CT molecular complexity index is 5500. The van der Waals surface area contributed by atoms with Gasteiger partial charge in [0.2, 0.25) is 0 Å². The van der Waals surface area contributed by atoms with Crippen molar-refractivity contribution in [1.82, 2.24) is 89.2 Å². The van der Waals surface area contributed by atoms with E-state index in [2.05, 4.69) is 278 Å². The molecule has 0 aromatic carbocycles. The fourth-order valence-electron chi connectivity index (χ4n) is 11.2. The first kappa shape index (κ1) is 116. The van der Waals surface area contributed by atoms with Crippen LogP contribution in [0.3, 0.4) is 0 Å². The molecule has 3 N–H and O–H groups in total. The van der Waals surface area contributed by atoms with E-state index in [0.29, 0.717) is 75.7 Å². The third kappa shape index (κ3) is 50.3. The first-order chi connectivity index (χ1) is 65.3. The highest BCUT2D eigenvalue weighted by molar-refractivity contribution is 5.80. The van der Waals surface area contributed by atoms with Gasteiger partial charge >= 0.3 is 0 Å². The van der Waals surface area contributed by atoms with Gasteiger partial charge < -0.3 is 28.9 Å². The van der Waals surface area contributed by atoms with Crippen molar-refractivity contribution in [2.45, 2.75) is 280 Å². The molecule has 0 spiro atoms. The highest BCUT2D eigenvalue weighted by Crippen LogP contribution is 2.21. The number of allylic oxidation sites excluding steroid dienone is 7. The van der Waals surface area contributed by atoms with E-state index in [0.717, 1.165) is 85.6 Å². The molecule has 0 aliphatic carbocycles. The zero-order chi connectivity index (χ0) is 107. The van der Waals surface area contributed by atoms with Gasteiger partial charge in [-0.15, -0.1) is 0 Å². The number of aliphatic imine (C=N–C) groups is 1. The van der Waals surface area contributed by atoms with Gasteiger partial charge in [-0.2, -0.15) is 35.7 Å². The smallest absolute Gasteiger partial charge is 0.266 e. The quantitative estimate of drug-likeness (QED) is 0.0911. The Kier molecular flexibility index (Phi) is 54.3. The van der Waals surface area contributed by atoms with Crippen molar-refractivity contribution in [2.75, 3.05) is 0 Å². The first-order valence-electron chi connectivity index (χ1n) is 48.7. The number of aromatic nitrogens is 15. The van der Waals surface area contributed by atoms with E-state index in [1.165, 1.54) is 54.9 Å². The number of hydrogen-bond donors (Lipinski definition) is 3. The highest BCUT2D eigenvalue weighted by atomic mass is 16.2. The van der Waals surface area contributed by atoms with Crippen LogP contribution in [0.1, 0.15) is 329 Å². The molecular formula is C111H164N20O6. The van der Waals surface area contributed by atoms with Crippen LogP contribution in [0.5, 0.6) is 0 Å². The van der Waals surface area contributed by atoms with Crippen LogP contribution in [0.4, 0.5) is 0 Å². The standard InChI is InChI=1S/C10H15NO.2C9H13NO.3C9H13N.3C8H12N2O.4C8H12N2/c1-4-11-6-5-9(8(2)3)7-10(11)12;2*1-7(2)8-4-5-10(3)9(11)6-8;3*1-7(2)9-4-5-10-8(3)6-9;1-6(2)7-4-8(11)10(3)5-9-7;2*1-6(2)7-4-8(11)10(3)9-5-7;1-6(2)8-4-7(3)9-5-10-8;3*1-6(2)8-4-7(3)10-9-5-8/h5-8H,4H2,1-3H3;2*4-7H,1-3H3;2*4-7H,1-3H3;4-7,10H,3H2,1-2H3;3*4-6H,1-3H3;4-6H,3H2,1-2H3,(H,9,10);2*4-6H,1-3H3;4-6,10H,3H2,1-2H3/i;;;;;;;3D3;;;;;. The number of hydrazone groups is 1. The van der Waals surface area contributed by atoms with E-state index >= 15 is 0 Å². The van der Waals surface area contributed by atoms with E-state index in [-0.39, 0.29) is 33.7 Å². The summed E-state index contributed by atoms with van der Waals surface area (Å²) in [6, 6.07) is 28.1. The SMILES string of the molecule is C=C1C=C(C(C)C)C=CN1.C=C1C=C(C(C)C)C=NN1.C=C1C=C(C(C)C)N=CN1.CC(C)c1cc(=O)n(C)cn1.CC(C)c1ccn(C)c(=O)c1.CC(C)c1ccn(C)c(=O)c1.CC(C)c1cnn(C)c(=O)c1.CCn1ccc(C(C)C)cc1=O.Cc1cc(C(C)C)ccn1.Cc1cc(C(C)C)ccn1.Cc1cc(C(C)C)cnn1.Cc1cc(C(C)C)cnn1.[2H]C([2H])([2H])n1ncc(C(C)C)cc1=O. The van der Waals surface area contributed by atoms with E-state index < -0.39 is 12.5 Å². The molecule has 26 nitrogen and oxygen atoms in total.